The van der Waals surface area contributed by atoms with Crippen molar-refractivity contribution < 1.29 is 0 Å². The lowest BCUT2D eigenvalue weighted by atomic mass is 10.0. The van der Waals surface area contributed by atoms with Crippen molar-refractivity contribution in [1.29, 1.82) is 0 Å². The quantitative estimate of drug-likeness (QED) is 0.199. The predicted molar refractivity (Wildman–Crippen MR) is 117 cm³/mol. The minimum atomic E-state index is 0.845. The Hall–Kier alpha value is -0.0400. The highest BCUT2D eigenvalue weighted by Crippen LogP contribution is 2.17. The molecule has 0 saturated heterocycles. The summed E-state index contributed by atoms with van der Waals surface area (Å²) in [6.07, 6.45) is 24.1. The van der Waals surface area contributed by atoms with E-state index in [-0.39, 0.29) is 0 Å². The first-order valence-corrected chi connectivity index (χ1v) is 12.0. The second-order valence-electron chi connectivity index (χ2n) is 8.13. The monoisotopic (exact) mass is 353 g/mol. The van der Waals surface area contributed by atoms with Crippen molar-refractivity contribution in [2.75, 3.05) is 13.1 Å². The molecule has 0 aromatic rings. The Balaban J connectivity index is 4.13. The minimum Gasteiger partial charge on any atom is -0.300 e. The smallest absolute Gasteiger partial charge is 0.00926 e. The lowest BCUT2D eigenvalue weighted by Crippen LogP contribution is -2.36. The lowest BCUT2D eigenvalue weighted by Gasteiger charge is -2.31. The molecule has 1 nitrogen and oxygen atoms in total. The van der Waals surface area contributed by atoms with Gasteiger partial charge in [0.1, 0.15) is 0 Å². The van der Waals surface area contributed by atoms with Crippen LogP contribution >= 0.6 is 0 Å². The van der Waals surface area contributed by atoms with Gasteiger partial charge in [-0.05, 0) is 38.8 Å². The minimum absolute atomic E-state index is 0.845. The van der Waals surface area contributed by atoms with E-state index in [9.17, 15) is 0 Å². The molecule has 0 aromatic heterocycles. The Morgan fingerprint density at radius 1 is 0.480 bits per heavy atom. The molecule has 1 atom stereocenters. The summed E-state index contributed by atoms with van der Waals surface area (Å²) in [5.41, 5.74) is 0. The molecule has 0 rings (SSSR count). The summed E-state index contributed by atoms with van der Waals surface area (Å²) in [4.78, 5) is 2.87. The van der Waals surface area contributed by atoms with E-state index in [1.165, 1.54) is 122 Å². The third-order valence-corrected chi connectivity index (χ3v) is 5.73. The summed E-state index contributed by atoms with van der Waals surface area (Å²) in [6, 6.07) is 0.845. The van der Waals surface area contributed by atoms with E-state index in [0.717, 1.165) is 6.04 Å². The molecule has 1 heteroatoms. The summed E-state index contributed by atoms with van der Waals surface area (Å²) in [6.45, 7) is 12.1. The fourth-order valence-electron chi connectivity index (χ4n) is 3.94. The summed E-state index contributed by atoms with van der Waals surface area (Å²) < 4.78 is 0. The molecule has 152 valence electrons. The molecule has 1 unspecified atom stereocenters. The molecule has 0 aliphatic carbocycles. The lowest BCUT2D eigenvalue weighted by molar-refractivity contribution is 0.170. The van der Waals surface area contributed by atoms with E-state index in [4.69, 9.17) is 0 Å². The van der Waals surface area contributed by atoms with Crippen LogP contribution in [0, 0.1) is 0 Å². The molecule has 0 bridgehead atoms. The zero-order chi connectivity index (χ0) is 18.6. The van der Waals surface area contributed by atoms with Crippen LogP contribution in [-0.2, 0) is 0 Å². The first kappa shape index (κ1) is 25.0. The number of rotatable bonds is 20. The van der Waals surface area contributed by atoms with Crippen LogP contribution in [0.25, 0.3) is 0 Å². The normalized spacial score (nSPS) is 12.8. The Bertz CT molecular complexity index is 222. The second kappa shape index (κ2) is 20.3. The van der Waals surface area contributed by atoms with Crippen LogP contribution in [0.2, 0.25) is 0 Å². The Labute approximate surface area is 161 Å². The van der Waals surface area contributed by atoms with E-state index < -0.39 is 0 Å². The largest absolute Gasteiger partial charge is 0.300 e. The van der Waals surface area contributed by atoms with Crippen molar-refractivity contribution >= 4 is 0 Å². The molecule has 25 heavy (non-hydrogen) atoms. The number of hydrogen-bond donors (Lipinski definition) is 0. The topological polar surface area (TPSA) is 3.24 Å². The fourth-order valence-corrected chi connectivity index (χ4v) is 3.94. The molecule has 0 fully saturated rings. The van der Waals surface area contributed by atoms with Gasteiger partial charge in [-0.25, -0.2) is 0 Å². The molecule has 0 radical (unpaired) electrons. The maximum absolute atomic E-state index is 2.87. The molecule has 0 heterocycles. The molecule has 0 N–H and O–H groups in total. The van der Waals surface area contributed by atoms with Gasteiger partial charge in [0.05, 0.1) is 0 Å². The summed E-state index contributed by atoms with van der Waals surface area (Å²) >= 11 is 0. The van der Waals surface area contributed by atoms with Gasteiger partial charge in [-0.15, -0.1) is 0 Å². The Morgan fingerprint density at radius 2 is 0.880 bits per heavy atom. The number of hydrogen-bond acceptors (Lipinski definition) is 1. The van der Waals surface area contributed by atoms with Crippen LogP contribution in [0.3, 0.4) is 0 Å². The van der Waals surface area contributed by atoms with Gasteiger partial charge in [-0.1, -0.05) is 111 Å². The van der Waals surface area contributed by atoms with Gasteiger partial charge in [0.25, 0.3) is 0 Å². The van der Waals surface area contributed by atoms with Crippen molar-refractivity contribution in [3.05, 3.63) is 0 Å². The van der Waals surface area contributed by atoms with E-state index in [1.54, 1.807) is 0 Å². The average molecular weight is 354 g/mol. The first-order chi connectivity index (χ1) is 12.3. The van der Waals surface area contributed by atoms with E-state index >= 15 is 0 Å². The van der Waals surface area contributed by atoms with Gasteiger partial charge in [-0.3, -0.25) is 0 Å². The molecular formula is C24H51N. The van der Waals surface area contributed by atoms with Crippen molar-refractivity contribution in [2.45, 2.75) is 143 Å². The summed E-state index contributed by atoms with van der Waals surface area (Å²) in [7, 11) is 0. The maximum atomic E-state index is 2.87. The highest BCUT2D eigenvalue weighted by molar-refractivity contribution is 4.71. The second-order valence-corrected chi connectivity index (χ2v) is 8.13. The van der Waals surface area contributed by atoms with Crippen LogP contribution in [0.5, 0.6) is 0 Å². The predicted octanol–water partition coefficient (Wildman–Crippen LogP) is 8.37. The highest BCUT2D eigenvalue weighted by atomic mass is 15.1. The molecule has 0 saturated carbocycles. The van der Waals surface area contributed by atoms with Crippen molar-refractivity contribution in [2.24, 2.45) is 0 Å². The van der Waals surface area contributed by atoms with Crippen LogP contribution in [-0.4, -0.2) is 24.0 Å². The van der Waals surface area contributed by atoms with Crippen LogP contribution < -0.4 is 0 Å². The van der Waals surface area contributed by atoms with Crippen molar-refractivity contribution in [3.63, 3.8) is 0 Å². The zero-order valence-electron chi connectivity index (χ0n) is 18.5. The summed E-state index contributed by atoms with van der Waals surface area (Å²) in [5, 5.41) is 0. The van der Waals surface area contributed by atoms with Gasteiger partial charge in [0.15, 0.2) is 0 Å². The van der Waals surface area contributed by atoms with Gasteiger partial charge in [0.2, 0.25) is 0 Å². The molecule has 0 aliphatic heterocycles. The van der Waals surface area contributed by atoms with E-state index in [2.05, 4.69) is 32.6 Å². The molecule has 0 amide bonds. The van der Waals surface area contributed by atoms with Gasteiger partial charge in [0, 0.05) is 6.04 Å². The number of unbranched alkanes of at least 4 members (excludes halogenated alkanes) is 12. The standard InChI is InChI=1S/C24H51N/c1-5-9-12-14-16-19-22-25(23-20-17-15-13-10-6-2)24(8-4)21-18-11-7-3/h24H,5-23H2,1-4H3. The van der Waals surface area contributed by atoms with Crippen LogP contribution in [0.4, 0.5) is 0 Å². The maximum Gasteiger partial charge on any atom is 0.00926 e. The summed E-state index contributed by atoms with van der Waals surface area (Å²) in [5.74, 6) is 0. The van der Waals surface area contributed by atoms with E-state index in [1.807, 2.05) is 0 Å². The number of nitrogens with zero attached hydrogens (tertiary/aromatic N) is 1. The average Bonchev–Trinajstić information content (AvgIpc) is 2.63. The van der Waals surface area contributed by atoms with Crippen molar-refractivity contribution in [1.82, 2.24) is 4.90 Å². The van der Waals surface area contributed by atoms with Gasteiger partial charge >= 0.3 is 0 Å². The SMILES string of the molecule is CCCCCCCCN(CCCCCCCC)C(CC)CCCCC. The molecule has 0 spiro atoms. The molecule has 0 aliphatic rings. The molecule has 0 aromatic carbocycles. The van der Waals surface area contributed by atoms with Crippen molar-refractivity contribution in [3.8, 4) is 0 Å². The first-order valence-electron chi connectivity index (χ1n) is 12.0. The third kappa shape index (κ3) is 15.9. The van der Waals surface area contributed by atoms with Gasteiger partial charge < -0.3 is 4.90 Å². The fraction of sp³-hybridized carbons (Fsp3) is 1.00. The van der Waals surface area contributed by atoms with Crippen LogP contribution in [0.15, 0.2) is 0 Å². The van der Waals surface area contributed by atoms with Gasteiger partial charge in [-0.2, -0.15) is 0 Å². The highest BCUT2D eigenvalue weighted by Gasteiger charge is 2.15. The Morgan fingerprint density at radius 3 is 1.32 bits per heavy atom. The van der Waals surface area contributed by atoms with E-state index in [0.29, 0.717) is 0 Å². The zero-order valence-corrected chi connectivity index (χ0v) is 18.5. The molecular weight excluding hydrogens is 302 g/mol. The van der Waals surface area contributed by atoms with Crippen LogP contribution in [0.1, 0.15) is 137 Å². The third-order valence-electron chi connectivity index (χ3n) is 5.73. The Kier molecular flexibility index (Phi) is 20.2.